The second kappa shape index (κ2) is 14.3. The van der Waals surface area contributed by atoms with Crippen LogP contribution in [0.15, 0.2) is 78.9 Å². The first kappa shape index (κ1) is 36.4. The molecule has 0 radical (unpaired) electrons. The molecule has 6 rings (SSSR count). The van der Waals surface area contributed by atoms with Crippen molar-refractivity contribution in [3.8, 4) is 5.75 Å². The van der Waals surface area contributed by atoms with E-state index in [2.05, 4.69) is 10.1 Å². The summed E-state index contributed by atoms with van der Waals surface area (Å²) in [6.07, 6.45) is -0.730. The molecule has 1 N–H and O–H groups in total. The van der Waals surface area contributed by atoms with Crippen LogP contribution >= 0.6 is 23.2 Å². The van der Waals surface area contributed by atoms with Crippen LogP contribution in [0.3, 0.4) is 0 Å². The van der Waals surface area contributed by atoms with Crippen molar-refractivity contribution >= 4 is 52.2 Å². The number of hydrogen-bond donors (Lipinski definition) is 1. The standard InChI is InChI=1S/C36H29Cl2FN4O9/c1-3-52-22-7-4-6-19(14-22)18-41-29(17-30(44)23-12-10-20(34(45)51-2)15-28(23)42(47)48)33(43(49)50)31(24-8-5-9-26(38)32(24)39)36(41)25-13-11-21(37)16-27(25)40-35(36)46/h4-16,29,31,33H,3,17-18H2,1-2H3,(H,40,46)/t29-,31-,33+,36+/m0/s1. The van der Waals surface area contributed by atoms with E-state index in [-0.39, 0.29) is 39.0 Å². The number of carbonyl (C=O) groups is 3. The number of Topliss-reactive ketones (excluding diaryl/α,β-unsaturated/α-hetero) is 1. The summed E-state index contributed by atoms with van der Waals surface area (Å²) in [5.74, 6) is -4.64. The number of anilines is 1. The van der Waals surface area contributed by atoms with Crippen molar-refractivity contribution in [2.24, 2.45) is 0 Å². The quantitative estimate of drug-likeness (QED) is 0.0731. The predicted molar refractivity (Wildman–Crippen MR) is 187 cm³/mol. The highest BCUT2D eigenvalue weighted by Crippen LogP contribution is 2.59. The number of likely N-dealkylation sites (tertiary alicyclic amines) is 1. The fraction of sp³-hybridized carbons (Fsp3) is 0.250. The third-order valence-electron chi connectivity index (χ3n) is 9.46. The average Bonchev–Trinajstić information content (AvgIpc) is 3.55. The summed E-state index contributed by atoms with van der Waals surface area (Å²) in [6.45, 7) is 1.93. The second-order valence-corrected chi connectivity index (χ2v) is 13.0. The molecule has 1 amide bonds. The molecule has 0 aromatic heterocycles. The fourth-order valence-corrected chi connectivity index (χ4v) is 7.80. The van der Waals surface area contributed by atoms with Gasteiger partial charge in [-0.1, -0.05) is 53.5 Å². The number of fused-ring (bicyclic) bond motifs is 2. The van der Waals surface area contributed by atoms with Gasteiger partial charge in [-0.3, -0.25) is 34.7 Å². The number of amides is 1. The Kier molecular flexibility index (Phi) is 9.99. The Bertz CT molecular complexity index is 2150. The Morgan fingerprint density at radius 1 is 1.02 bits per heavy atom. The molecule has 4 aromatic rings. The summed E-state index contributed by atoms with van der Waals surface area (Å²) < 4.78 is 26.5. The molecule has 1 spiro atoms. The Morgan fingerprint density at radius 3 is 2.46 bits per heavy atom. The van der Waals surface area contributed by atoms with Crippen LogP contribution in [0.1, 0.15) is 56.7 Å². The van der Waals surface area contributed by atoms with Gasteiger partial charge in [0.05, 0.1) is 46.7 Å². The molecule has 268 valence electrons. The van der Waals surface area contributed by atoms with E-state index in [0.717, 1.165) is 19.2 Å². The normalized spacial score (nSPS) is 20.7. The lowest BCUT2D eigenvalue weighted by Gasteiger charge is -2.38. The van der Waals surface area contributed by atoms with Gasteiger partial charge >= 0.3 is 5.97 Å². The van der Waals surface area contributed by atoms with Gasteiger partial charge in [-0.25, -0.2) is 9.18 Å². The molecular weight excluding hydrogens is 722 g/mol. The maximum Gasteiger partial charge on any atom is 0.338 e. The molecule has 0 unspecified atom stereocenters. The van der Waals surface area contributed by atoms with Gasteiger partial charge in [0.25, 0.3) is 11.6 Å². The number of halogens is 3. The van der Waals surface area contributed by atoms with Crippen molar-refractivity contribution in [2.75, 3.05) is 19.0 Å². The molecule has 4 atom stereocenters. The zero-order valence-corrected chi connectivity index (χ0v) is 29.0. The van der Waals surface area contributed by atoms with E-state index in [4.69, 9.17) is 27.9 Å². The van der Waals surface area contributed by atoms with E-state index >= 15 is 4.39 Å². The molecule has 2 aliphatic heterocycles. The van der Waals surface area contributed by atoms with Crippen molar-refractivity contribution in [2.45, 2.75) is 43.4 Å². The number of nitrogens with zero attached hydrogens (tertiary/aromatic N) is 3. The molecule has 52 heavy (non-hydrogen) atoms. The summed E-state index contributed by atoms with van der Waals surface area (Å²) >= 11 is 12.5. The van der Waals surface area contributed by atoms with Crippen LogP contribution in [0, 0.1) is 26.0 Å². The number of ether oxygens (including phenoxy) is 2. The highest BCUT2D eigenvalue weighted by Gasteiger charge is 2.71. The molecule has 13 nitrogen and oxygen atoms in total. The largest absolute Gasteiger partial charge is 0.494 e. The molecule has 0 bridgehead atoms. The molecular formula is C36H29Cl2FN4O9. The minimum Gasteiger partial charge on any atom is -0.494 e. The number of ketones is 1. The van der Waals surface area contributed by atoms with Crippen LogP contribution in [0.2, 0.25) is 10.0 Å². The number of esters is 1. The van der Waals surface area contributed by atoms with Crippen molar-refractivity contribution in [3.63, 3.8) is 0 Å². The number of nitro benzene ring substituents is 1. The lowest BCUT2D eigenvalue weighted by molar-refractivity contribution is -0.528. The van der Waals surface area contributed by atoms with Crippen LogP contribution in [-0.2, 0) is 21.6 Å². The monoisotopic (exact) mass is 750 g/mol. The van der Waals surface area contributed by atoms with Gasteiger partial charge in [-0.15, -0.1) is 0 Å². The summed E-state index contributed by atoms with van der Waals surface area (Å²) in [6, 6.07) is 15.0. The average molecular weight is 752 g/mol. The lowest BCUT2D eigenvalue weighted by Crippen LogP contribution is -2.52. The van der Waals surface area contributed by atoms with Crippen molar-refractivity contribution in [1.29, 1.82) is 0 Å². The first-order valence-electron chi connectivity index (χ1n) is 15.9. The number of nitro groups is 2. The maximum absolute atomic E-state index is 16.2. The maximum atomic E-state index is 16.2. The number of methoxy groups -OCH3 is 1. The van der Waals surface area contributed by atoms with Crippen molar-refractivity contribution in [1.82, 2.24) is 4.90 Å². The van der Waals surface area contributed by atoms with Gasteiger partial charge in [0.1, 0.15) is 17.1 Å². The van der Waals surface area contributed by atoms with Gasteiger partial charge in [0, 0.05) is 45.8 Å². The van der Waals surface area contributed by atoms with Gasteiger partial charge in [0.15, 0.2) is 5.78 Å². The summed E-state index contributed by atoms with van der Waals surface area (Å²) in [5.41, 5.74) is -2.65. The minimum atomic E-state index is -2.03. The molecule has 16 heteroatoms. The number of benzene rings is 4. The van der Waals surface area contributed by atoms with Crippen LogP contribution in [0.4, 0.5) is 15.8 Å². The van der Waals surface area contributed by atoms with Gasteiger partial charge < -0.3 is 14.8 Å². The van der Waals surface area contributed by atoms with E-state index in [9.17, 15) is 34.6 Å². The summed E-state index contributed by atoms with van der Waals surface area (Å²) in [4.78, 5) is 66.5. The smallest absolute Gasteiger partial charge is 0.338 e. The van der Waals surface area contributed by atoms with E-state index in [1.807, 2.05) is 0 Å². The fourth-order valence-electron chi connectivity index (χ4n) is 7.44. The predicted octanol–water partition coefficient (Wildman–Crippen LogP) is 6.96. The van der Waals surface area contributed by atoms with Crippen molar-refractivity contribution in [3.05, 3.63) is 143 Å². The number of hydrogen-bond acceptors (Lipinski definition) is 10. The van der Waals surface area contributed by atoms with Gasteiger partial charge in [-0.2, -0.15) is 0 Å². The summed E-state index contributed by atoms with van der Waals surface area (Å²) in [5, 5.41) is 28.2. The number of carbonyl (C=O) groups excluding carboxylic acids is 3. The van der Waals surface area contributed by atoms with Gasteiger partial charge in [0.2, 0.25) is 6.04 Å². The topological polar surface area (TPSA) is 171 Å². The molecule has 1 fully saturated rings. The zero-order valence-electron chi connectivity index (χ0n) is 27.5. The SMILES string of the molecule is CCOc1cccc(CN2[C@@H](CC(=O)c3ccc(C(=O)OC)cc3[N+](=O)[O-])[C@@H]([N+](=O)[O-])[C@H](c3cccc(Cl)c3F)[C@]23C(=O)Nc2cc(Cl)ccc23)c1. The Labute approximate surface area is 305 Å². The van der Waals surface area contributed by atoms with E-state index in [1.54, 1.807) is 31.2 Å². The summed E-state index contributed by atoms with van der Waals surface area (Å²) in [7, 11) is 1.09. The van der Waals surface area contributed by atoms with Crippen LogP contribution in [0.5, 0.6) is 5.75 Å². The molecule has 0 aliphatic carbocycles. The first-order chi connectivity index (χ1) is 24.8. The zero-order chi connectivity index (χ0) is 37.5. The molecule has 1 saturated heterocycles. The highest BCUT2D eigenvalue weighted by molar-refractivity contribution is 6.31. The molecule has 2 heterocycles. The molecule has 0 saturated carbocycles. The van der Waals surface area contributed by atoms with Crippen LogP contribution < -0.4 is 10.1 Å². The lowest BCUT2D eigenvalue weighted by atomic mass is 9.73. The molecule has 4 aromatic carbocycles. The van der Waals surface area contributed by atoms with Crippen LogP contribution in [0.25, 0.3) is 0 Å². The van der Waals surface area contributed by atoms with Gasteiger partial charge in [-0.05, 0) is 55.0 Å². The minimum absolute atomic E-state index is 0.194. The third-order valence-corrected chi connectivity index (χ3v) is 9.99. The van der Waals surface area contributed by atoms with E-state index in [0.29, 0.717) is 17.9 Å². The molecule has 2 aliphatic rings. The third kappa shape index (κ3) is 6.12. The number of rotatable bonds is 11. The van der Waals surface area contributed by atoms with E-state index in [1.165, 1.54) is 47.4 Å². The Morgan fingerprint density at radius 2 is 1.77 bits per heavy atom. The number of nitrogens with one attached hydrogen (secondary N) is 1. The second-order valence-electron chi connectivity index (χ2n) is 12.2. The van der Waals surface area contributed by atoms with E-state index < -0.39 is 74.5 Å². The Hall–Kier alpha value is -5.44. The van der Waals surface area contributed by atoms with Crippen LogP contribution in [-0.4, -0.2) is 58.2 Å². The highest BCUT2D eigenvalue weighted by atomic mass is 35.5. The first-order valence-corrected chi connectivity index (χ1v) is 16.7. The Balaban J connectivity index is 1.61. The van der Waals surface area contributed by atoms with Crippen molar-refractivity contribution < 1.29 is 38.1 Å².